The van der Waals surface area contributed by atoms with E-state index in [0.29, 0.717) is 10.8 Å². The summed E-state index contributed by atoms with van der Waals surface area (Å²) in [6.07, 6.45) is 0. The highest BCUT2D eigenvalue weighted by molar-refractivity contribution is 5.98. The molecule has 3 heteroatoms. The van der Waals surface area contributed by atoms with Gasteiger partial charge in [0.25, 0.3) is 5.43 Å². The van der Waals surface area contributed by atoms with E-state index in [4.69, 9.17) is 4.42 Å². The maximum Gasteiger partial charge on any atom is 0.272 e. The minimum atomic E-state index is -0.525. The van der Waals surface area contributed by atoms with Crippen molar-refractivity contribution in [3.05, 3.63) is 67.7 Å². The molecular formula is C14H6O3. The van der Waals surface area contributed by atoms with Crippen molar-refractivity contribution in [2.24, 2.45) is 0 Å². The third-order valence-electron chi connectivity index (χ3n) is 3.16. The molecule has 0 bridgehead atoms. The van der Waals surface area contributed by atoms with Crippen molar-refractivity contribution in [3.8, 4) is 0 Å². The van der Waals surface area contributed by atoms with Gasteiger partial charge in [0.05, 0.1) is 0 Å². The zero-order chi connectivity index (χ0) is 11.6. The van der Waals surface area contributed by atoms with Gasteiger partial charge in [-0.3, -0.25) is 9.59 Å². The number of fused-ring (bicyclic) bond motifs is 3. The van der Waals surface area contributed by atoms with Crippen molar-refractivity contribution < 1.29 is 4.42 Å². The second-order valence-corrected chi connectivity index (χ2v) is 4.16. The molecule has 17 heavy (non-hydrogen) atoms. The van der Waals surface area contributed by atoms with Gasteiger partial charge >= 0.3 is 0 Å². The molecule has 0 fully saturated rings. The number of hydrogen-bond donors (Lipinski definition) is 0. The predicted octanol–water partition coefficient (Wildman–Crippen LogP) is 1.91. The first-order valence-electron chi connectivity index (χ1n) is 5.30. The van der Waals surface area contributed by atoms with Crippen LogP contribution in [0.25, 0.3) is 21.5 Å². The highest BCUT2D eigenvalue weighted by Crippen LogP contribution is 2.23. The fourth-order valence-electron chi connectivity index (χ4n) is 2.24. The molecule has 0 amide bonds. The van der Waals surface area contributed by atoms with Crippen molar-refractivity contribution in [2.75, 3.05) is 0 Å². The molecule has 0 N–H and O–H groups in total. The Morgan fingerprint density at radius 3 is 2.12 bits per heavy atom. The largest absolute Gasteiger partial charge is 0.444 e. The highest BCUT2D eigenvalue weighted by atomic mass is 16.4. The van der Waals surface area contributed by atoms with Crippen LogP contribution in [0.15, 0.2) is 50.4 Å². The quantitative estimate of drug-likeness (QED) is 0.427. The summed E-state index contributed by atoms with van der Waals surface area (Å²) in [5.74, 6) is 0. The molecule has 4 rings (SSSR count). The van der Waals surface area contributed by atoms with E-state index in [9.17, 15) is 9.59 Å². The van der Waals surface area contributed by atoms with Gasteiger partial charge in [-0.15, -0.1) is 0 Å². The average Bonchev–Trinajstić information content (AvgIpc) is 3.15. The molecule has 1 heterocycles. The van der Waals surface area contributed by atoms with Crippen molar-refractivity contribution in [2.45, 2.75) is 0 Å². The van der Waals surface area contributed by atoms with Crippen LogP contribution < -0.4 is 10.9 Å². The smallest absolute Gasteiger partial charge is 0.272 e. The summed E-state index contributed by atoms with van der Waals surface area (Å²) < 4.78 is 5.10. The zero-order valence-corrected chi connectivity index (χ0v) is 8.69. The molecule has 0 saturated heterocycles. The maximum absolute atomic E-state index is 11.8. The molecule has 0 unspecified atom stereocenters. The molecule has 80 valence electrons. The van der Waals surface area contributed by atoms with Gasteiger partial charge in [-0.2, -0.15) is 0 Å². The topological polar surface area (TPSA) is 47.3 Å². The average molecular weight is 222 g/mol. The van der Waals surface area contributed by atoms with Crippen molar-refractivity contribution in [1.29, 1.82) is 0 Å². The highest BCUT2D eigenvalue weighted by Gasteiger charge is 2.16. The lowest BCUT2D eigenvalue weighted by molar-refractivity contribution is 0.642. The Morgan fingerprint density at radius 1 is 0.765 bits per heavy atom. The van der Waals surface area contributed by atoms with E-state index in [1.165, 1.54) is 0 Å². The Hall–Kier alpha value is -2.42. The lowest BCUT2D eigenvalue weighted by Gasteiger charge is -1.97. The van der Waals surface area contributed by atoms with E-state index in [1.54, 1.807) is 6.07 Å². The van der Waals surface area contributed by atoms with Crippen LogP contribution in [0.2, 0.25) is 0 Å². The minimum absolute atomic E-state index is 0.220. The van der Waals surface area contributed by atoms with E-state index in [-0.39, 0.29) is 5.42 Å². The Labute approximate surface area is 94.2 Å². The van der Waals surface area contributed by atoms with Gasteiger partial charge in [-0.25, -0.2) is 0 Å². The zero-order valence-electron chi connectivity index (χ0n) is 8.69. The first-order chi connectivity index (χ1) is 8.25. The van der Waals surface area contributed by atoms with Crippen molar-refractivity contribution in [1.82, 2.24) is 0 Å². The summed E-state index contributed by atoms with van der Waals surface area (Å²) >= 11 is 0. The summed E-state index contributed by atoms with van der Waals surface area (Å²) in [4.78, 5) is 23.4. The van der Waals surface area contributed by atoms with E-state index in [2.05, 4.69) is 0 Å². The first-order valence-corrected chi connectivity index (χ1v) is 5.30. The molecule has 2 aromatic carbocycles. The molecule has 0 aromatic heterocycles. The fourth-order valence-corrected chi connectivity index (χ4v) is 2.24. The maximum atomic E-state index is 11.8. The number of benzene rings is 2. The van der Waals surface area contributed by atoms with Crippen LogP contribution in [-0.2, 0) is 0 Å². The summed E-state index contributed by atoms with van der Waals surface area (Å²) in [5, 5.41) is 3.18. The second-order valence-electron chi connectivity index (χ2n) is 4.16. The molecule has 0 atom stereocenters. The van der Waals surface area contributed by atoms with Gasteiger partial charge in [0, 0.05) is 10.8 Å². The van der Waals surface area contributed by atoms with Crippen LogP contribution in [0, 0.1) is 10.8 Å². The monoisotopic (exact) mass is 222 g/mol. The normalized spacial score (nSPS) is 12.0. The van der Waals surface area contributed by atoms with E-state index < -0.39 is 10.9 Å². The first kappa shape index (κ1) is 8.70. The number of rotatable bonds is 0. The molecule has 0 spiro atoms. The SMILES string of the molecule is O=c1c2oc=2c2cc3ccccc3cc2c1=O. The Morgan fingerprint density at radius 2 is 1.41 bits per heavy atom. The summed E-state index contributed by atoms with van der Waals surface area (Å²) in [6.45, 7) is 0. The molecule has 0 saturated carbocycles. The van der Waals surface area contributed by atoms with Crippen LogP contribution in [0.5, 0.6) is 0 Å². The van der Waals surface area contributed by atoms with Gasteiger partial charge in [0.2, 0.25) is 10.8 Å². The van der Waals surface area contributed by atoms with Gasteiger partial charge in [0.1, 0.15) is 0 Å². The lowest BCUT2D eigenvalue weighted by Crippen LogP contribution is -2.22. The lowest BCUT2D eigenvalue weighted by atomic mass is 10.0. The molecule has 2 aliphatic rings. The van der Waals surface area contributed by atoms with Crippen LogP contribution in [0.1, 0.15) is 0 Å². The van der Waals surface area contributed by atoms with Crippen LogP contribution in [0.4, 0.5) is 0 Å². The van der Waals surface area contributed by atoms with Crippen LogP contribution in [-0.4, -0.2) is 0 Å². The van der Waals surface area contributed by atoms with E-state index >= 15 is 0 Å². The molecule has 2 aromatic rings. The Bertz CT molecular complexity index is 1010. The second kappa shape index (κ2) is 2.63. The van der Waals surface area contributed by atoms with Gasteiger partial charge in [-0.05, 0) is 22.9 Å². The van der Waals surface area contributed by atoms with E-state index in [0.717, 1.165) is 16.2 Å². The van der Waals surface area contributed by atoms with Crippen LogP contribution in [0.3, 0.4) is 0 Å². The molecule has 0 radical (unpaired) electrons. The molecule has 1 aliphatic heterocycles. The van der Waals surface area contributed by atoms with Gasteiger partial charge in [0.15, 0.2) is 5.42 Å². The molecular weight excluding hydrogens is 216 g/mol. The summed E-state index contributed by atoms with van der Waals surface area (Å²) in [5.41, 5.74) is -0.210. The van der Waals surface area contributed by atoms with Crippen molar-refractivity contribution >= 4 is 21.5 Å². The predicted molar refractivity (Wildman–Crippen MR) is 63.9 cm³/mol. The summed E-state index contributed by atoms with van der Waals surface area (Å²) in [7, 11) is 0. The van der Waals surface area contributed by atoms with E-state index in [1.807, 2.05) is 30.3 Å². The van der Waals surface area contributed by atoms with Crippen LogP contribution >= 0.6 is 0 Å². The summed E-state index contributed by atoms with van der Waals surface area (Å²) in [6, 6.07) is 11.4. The Kier molecular flexibility index (Phi) is 1.35. The van der Waals surface area contributed by atoms with Crippen molar-refractivity contribution in [3.63, 3.8) is 0 Å². The molecule has 1 aliphatic carbocycles. The van der Waals surface area contributed by atoms with Gasteiger partial charge in [-0.1, -0.05) is 24.3 Å². The third kappa shape index (κ3) is 1.00. The minimum Gasteiger partial charge on any atom is -0.444 e. The standard InChI is InChI=1S/C14H6O3/c15-11-9-5-7-3-1-2-4-8(7)6-10(9)13-14(17-13)12(11)16/h1-6H. The fraction of sp³-hybridized carbons (Fsp3) is 0. The Balaban J connectivity index is 2.42. The number of hydrogen-bond acceptors (Lipinski definition) is 3. The van der Waals surface area contributed by atoms with Gasteiger partial charge < -0.3 is 4.42 Å². The molecule has 3 nitrogen and oxygen atoms in total. The third-order valence-corrected chi connectivity index (χ3v) is 3.16.